The van der Waals surface area contributed by atoms with Crippen molar-refractivity contribution in [2.24, 2.45) is 0 Å². The number of anilines is 1. The van der Waals surface area contributed by atoms with Crippen molar-refractivity contribution in [1.82, 2.24) is 24.7 Å². The van der Waals surface area contributed by atoms with E-state index in [0.29, 0.717) is 23.6 Å². The zero-order valence-corrected chi connectivity index (χ0v) is 14.2. The third-order valence-corrected chi connectivity index (χ3v) is 3.82. The van der Waals surface area contributed by atoms with Gasteiger partial charge in [0.2, 0.25) is 5.91 Å². The second-order valence-electron chi connectivity index (χ2n) is 5.78. The molecule has 0 bridgehead atoms. The number of rotatable bonds is 6. The number of aryl methyl sites for hydroxylation is 1. The molecule has 3 heterocycles. The van der Waals surface area contributed by atoms with E-state index >= 15 is 0 Å². The molecule has 0 fully saturated rings. The van der Waals surface area contributed by atoms with Crippen molar-refractivity contribution in [3.8, 4) is 0 Å². The van der Waals surface area contributed by atoms with Gasteiger partial charge in [0, 0.05) is 36.1 Å². The molecule has 9 nitrogen and oxygen atoms in total. The Morgan fingerprint density at radius 3 is 2.81 bits per heavy atom. The van der Waals surface area contributed by atoms with E-state index in [4.69, 9.17) is 0 Å². The lowest BCUT2D eigenvalue weighted by molar-refractivity contribution is -0.116. The van der Waals surface area contributed by atoms with Crippen molar-refractivity contribution in [3.05, 3.63) is 74.4 Å². The van der Waals surface area contributed by atoms with Crippen LogP contribution < -0.4 is 16.6 Å². The molecule has 0 aliphatic carbocycles. The largest absolute Gasteiger partial charge is 0.325 e. The number of carbonyl (C=O) groups excluding carboxylic acids is 1. The maximum atomic E-state index is 12.1. The summed E-state index contributed by atoms with van der Waals surface area (Å²) in [7, 11) is 0. The number of aromatic nitrogens is 5. The van der Waals surface area contributed by atoms with Crippen LogP contribution in [0.3, 0.4) is 0 Å². The lowest BCUT2D eigenvalue weighted by Crippen LogP contribution is -2.27. The first-order chi connectivity index (χ1) is 12.5. The molecule has 0 radical (unpaired) electrons. The maximum absolute atomic E-state index is 12.1. The summed E-state index contributed by atoms with van der Waals surface area (Å²) in [6.07, 6.45) is 3.78. The van der Waals surface area contributed by atoms with Crippen molar-refractivity contribution in [2.45, 2.75) is 26.3 Å². The fraction of sp³-hybridized carbons (Fsp3) is 0.235. The van der Waals surface area contributed by atoms with Gasteiger partial charge in [0.1, 0.15) is 0 Å². The Hall–Kier alpha value is -3.49. The van der Waals surface area contributed by atoms with Crippen molar-refractivity contribution >= 4 is 11.7 Å². The average molecular weight is 354 g/mol. The quantitative estimate of drug-likeness (QED) is 0.597. The van der Waals surface area contributed by atoms with E-state index in [9.17, 15) is 14.4 Å². The summed E-state index contributed by atoms with van der Waals surface area (Å²) >= 11 is 0. The highest BCUT2D eigenvalue weighted by Gasteiger charge is 2.10. The molecule has 0 saturated heterocycles. The van der Waals surface area contributed by atoms with Crippen molar-refractivity contribution in [2.75, 3.05) is 5.32 Å². The van der Waals surface area contributed by atoms with Crippen LogP contribution in [0.2, 0.25) is 0 Å². The number of nitrogens with one attached hydrogen (secondary N) is 3. The molecule has 0 aliphatic rings. The zero-order chi connectivity index (χ0) is 18.5. The molecule has 0 unspecified atom stereocenters. The smallest absolute Gasteiger partial charge is 0.311 e. The van der Waals surface area contributed by atoms with Crippen LogP contribution in [0.15, 0.2) is 46.2 Å². The van der Waals surface area contributed by atoms with Gasteiger partial charge in [0.25, 0.3) is 5.56 Å². The molecule has 3 aromatic rings. The van der Waals surface area contributed by atoms with E-state index in [1.807, 2.05) is 18.2 Å². The SMILES string of the molecule is Cc1[nH]c(=O)[nH]c(=O)c1CCC(=O)Nc1ccn(Cc2ccccn2)n1. The number of hydrogen-bond donors (Lipinski definition) is 3. The van der Waals surface area contributed by atoms with E-state index in [-0.39, 0.29) is 18.7 Å². The van der Waals surface area contributed by atoms with Gasteiger partial charge in [-0.15, -0.1) is 0 Å². The fourth-order valence-corrected chi connectivity index (χ4v) is 2.54. The normalized spacial score (nSPS) is 10.7. The van der Waals surface area contributed by atoms with Gasteiger partial charge in [-0.1, -0.05) is 6.07 Å². The van der Waals surface area contributed by atoms with Crippen molar-refractivity contribution < 1.29 is 4.79 Å². The molecule has 9 heteroatoms. The second kappa shape index (κ2) is 7.60. The van der Waals surface area contributed by atoms with Gasteiger partial charge in [-0.25, -0.2) is 4.79 Å². The summed E-state index contributed by atoms with van der Waals surface area (Å²) in [4.78, 5) is 43.9. The van der Waals surface area contributed by atoms with Crippen LogP contribution in [0.25, 0.3) is 0 Å². The van der Waals surface area contributed by atoms with Crippen LogP contribution in [0.1, 0.15) is 23.4 Å². The molecule has 26 heavy (non-hydrogen) atoms. The van der Waals surface area contributed by atoms with Gasteiger partial charge in [-0.3, -0.25) is 24.2 Å². The third-order valence-electron chi connectivity index (χ3n) is 3.82. The van der Waals surface area contributed by atoms with E-state index in [2.05, 4.69) is 25.4 Å². The van der Waals surface area contributed by atoms with Gasteiger partial charge >= 0.3 is 5.69 Å². The molecule has 134 valence electrons. The number of H-pyrrole nitrogens is 2. The Morgan fingerprint density at radius 2 is 2.08 bits per heavy atom. The fourth-order valence-electron chi connectivity index (χ4n) is 2.54. The Kier molecular flexibility index (Phi) is 5.07. The molecule has 0 spiro atoms. The van der Waals surface area contributed by atoms with Crippen LogP contribution >= 0.6 is 0 Å². The number of hydrogen-bond acceptors (Lipinski definition) is 5. The molecular formula is C17H18N6O3. The molecule has 0 aliphatic heterocycles. The van der Waals surface area contributed by atoms with Crippen molar-refractivity contribution in [1.29, 1.82) is 0 Å². The molecule has 3 aromatic heterocycles. The number of pyridine rings is 1. The second-order valence-corrected chi connectivity index (χ2v) is 5.78. The Balaban J connectivity index is 1.57. The lowest BCUT2D eigenvalue weighted by Gasteiger charge is -2.04. The molecule has 3 rings (SSSR count). The summed E-state index contributed by atoms with van der Waals surface area (Å²) in [5, 5.41) is 6.97. The lowest BCUT2D eigenvalue weighted by atomic mass is 10.1. The van der Waals surface area contributed by atoms with Gasteiger partial charge < -0.3 is 10.3 Å². The topological polar surface area (TPSA) is 126 Å². The summed E-state index contributed by atoms with van der Waals surface area (Å²) in [5.41, 5.74) is 0.686. The van der Waals surface area contributed by atoms with Crippen molar-refractivity contribution in [3.63, 3.8) is 0 Å². The molecule has 0 atom stereocenters. The molecule has 0 aromatic carbocycles. The Bertz CT molecular complexity index is 1020. The van der Waals surface area contributed by atoms with Crippen LogP contribution in [-0.2, 0) is 17.8 Å². The Morgan fingerprint density at radius 1 is 1.23 bits per heavy atom. The monoisotopic (exact) mass is 354 g/mol. The van der Waals surface area contributed by atoms with Crippen LogP contribution in [-0.4, -0.2) is 30.6 Å². The first-order valence-electron chi connectivity index (χ1n) is 8.06. The highest BCUT2D eigenvalue weighted by molar-refractivity contribution is 5.89. The first-order valence-corrected chi connectivity index (χ1v) is 8.06. The number of carbonyl (C=O) groups is 1. The van der Waals surface area contributed by atoms with Gasteiger partial charge in [0.15, 0.2) is 5.82 Å². The zero-order valence-electron chi connectivity index (χ0n) is 14.2. The van der Waals surface area contributed by atoms with Crippen LogP contribution in [0.4, 0.5) is 5.82 Å². The van der Waals surface area contributed by atoms with Gasteiger partial charge in [-0.2, -0.15) is 5.10 Å². The number of amides is 1. The highest BCUT2D eigenvalue weighted by atomic mass is 16.2. The molecule has 1 amide bonds. The molecule has 0 saturated carbocycles. The Labute approximate surface area is 148 Å². The highest BCUT2D eigenvalue weighted by Crippen LogP contribution is 2.07. The summed E-state index contributed by atoms with van der Waals surface area (Å²) in [6.45, 7) is 2.13. The predicted molar refractivity (Wildman–Crippen MR) is 94.9 cm³/mol. The number of aromatic amines is 2. The third kappa shape index (κ3) is 4.32. The summed E-state index contributed by atoms with van der Waals surface area (Å²) in [5.74, 6) is 0.163. The minimum absolute atomic E-state index is 0.100. The van der Waals surface area contributed by atoms with Gasteiger partial charge in [0.05, 0.1) is 12.2 Å². The van der Waals surface area contributed by atoms with E-state index in [1.54, 1.807) is 30.1 Å². The molecular weight excluding hydrogens is 336 g/mol. The minimum atomic E-state index is -0.556. The maximum Gasteiger partial charge on any atom is 0.325 e. The van der Waals surface area contributed by atoms with Crippen LogP contribution in [0, 0.1) is 6.92 Å². The average Bonchev–Trinajstić information content (AvgIpc) is 3.01. The standard InChI is InChI=1S/C17H18N6O3/c1-11-13(16(25)21-17(26)19-11)5-6-15(24)20-14-7-9-23(22-14)10-12-4-2-3-8-18-12/h2-4,7-9H,5-6,10H2,1H3,(H,20,22,24)(H2,19,21,25,26). The van der Waals surface area contributed by atoms with E-state index < -0.39 is 11.2 Å². The predicted octanol–water partition coefficient (Wildman–Crippen LogP) is 0.583. The molecule has 3 N–H and O–H groups in total. The minimum Gasteiger partial charge on any atom is -0.311 e. The van der Waals surface area contributed by atoms with E-state index in [0.717, 1.165) is 5.69 Å². The van der Waals surface area contributed by atoms with Gasteiger partial charge in [-0.05, 0) is 25.5 Å². The van der Waals surface area contributed by atoms with Crippen LogP contribution in [0.5, 0.6) is 0 Å². The summed E-state index contributed by atoms with van der Waals surface area (Å²) < 4.78 is 1.68. The van der Waals surface area contributed by atoms with E-state index in [1.165, 1.54) is 0 Å². The summed E-state index contributed by atoms with van der Waals surface area (Å²) in [6, 6.07) is 7.32. The number of nitrogens with zero attached hydrogens (tertiary/aromatic N) is 3. The first kappa shape index (κ1) is 17.3.